The lowest BCUT2D eigenvalue weighted by Crippen LogP contribution is -2.15. The summed E-state index contributed by atoms with van der Waals surface area (Å²) in [4.78, 5) is 12.8. The van der Waals surface area contributed by atoms with Crippen molar-refractivity contribution in [3.8, 4) is 0 Å². The predicted molar refractivity (Wildman–Crippen MR) is 102 cm³/mol. The van der Waals surface area contributed by atoms with Crippen LogP contribution in [-0.2, 0) is 28.4 Å². The van der Waals surface area contributed by atoms with Gasteiger partial charge in [-0.3, -0.25) is 4.79 Å². The third kappa shape index (κ3) is 3.66. The Morgan fingerprint density at radius 3 is 2.59 bits per heavy atom. The number of aryl methyl sites for hydroxylation is 2. The molecule has 0 radical (unpaired) electrons. The van der Waals surface area contributed by atoms with Crippen LogP contribution >= 0.6 is 0 Å². The lowest BCUT2D eigenvalue weighted by Gasteiger charge is -2.08. The van der Waals surface area contributed by atoms with Crippen molar-refractivity contribution >= 4 is 21.4 Å². The highest BCUT2D eigenvalue weighted by Gasteiger charge is 2.23. The lowest BCUT2D eigenvalue weighted by atomic mass is 10.1. The molecule has 1 aromatic heterocycles. The highest BCUT2D eigenvalue weighted by molar-refractivity contribution is 7.90. The molecule has 0 atom stereocenters. The standard InChI is InChI=1S/C21H19NO4S/c23-21(22-18-10-9-15-5-4-6-16(15)13-18)20-17(11-12-26-20)14-27(24,25)19-7-2-1-3-8-19/h1-3,7-13H,4-6,14H2,(H,22,23). The van der Waals surface area contributed by atoms with Gasteiger partial charge in [0.1, 0.15) is 0 Å². The fourth-order valence-corrected chi connectivity index (χ4v) is 4.78. The first-order valence-corrected chi connectivity index (χ1v) is 10.5. The monoisotopic (exact) mass is 381 g/mol. The van der Waals surface area contributed by atoms with Crippen molar-refractivity contribution in [2.75, 3.05) is 5.32 Å². The summed E-state index contributed by atoms with van der Waals surface area (Å²) in [7, 11) is -3.56. The van der Waals surface area contributed by atoms with E-state index in [1.807, 2.05) is 18.2 Å². The molecule has 1 heterocycles. The molecule has 5 nitrogen and oxygen atoms in total. The quantitative estimate of drug-likeness (QED) is 0.725. The molecule has 0 saturated carbocycles. The third-order valence-electron chi connectivity index (χ3n) is 4.76. The molecule has 0 spiro atoms. The van der Waals surface area contributed by atoms with Crippen LogP contribution in [0.3, 0.4) is 0 Å². The molecule has 1 aliphatic carbocycles. The minimum absolute atomic E-state index is 0.0232. The Hall–Kier alpha value is -2.86. The Labute approximate surface area is 157 Å². The van der Waals surface area contributed by atoms with Gasteiger partial charge in [0.05, 0.1) is 16.9 Å². The maximum Gasteiger partial charge on any atom is 0.291 e. The number of furan rings is 1. The molecule has 3 aromatic rings. The van der Waals surface area contributed by atoms with Gasteiger partial charge in [-0.25, -0.2) is 8.42 Å². The van der Waals surface area contributed by atoms with Gasteiger partial charge in [-0.2, -0.15) is 0 Å². The van der Waals surface area contributed by atoms with Gasteiger partial charge < -0.3 is 9.73 Å². The number of nitrogens with one attached hydrogen (secondary N) is 1. The van der Waals surface area contributed by atoms with Crippen LogP contribution in [0.4, 0.5) is 5.69 Å². The van der Waals surface area contributed by atoms with E-state index in [0.29, 0.717) is 11.3 Å². The van der Waals surface area contributed by atoms with Crippen LogP contribution in [0.1, 0.15) is 33.7 Å². The predicted octanol–water partition coefficient (Wildman–Crippen LogP) is 3.99. The Kier molecular flexibility index (Phi) is 4.58. The van der Waals surface area contributed by atoms with Crippen LogP contribution in [0.25, 0.3) is 0 Å². The van der Waals surface area contributed by atoms with Gasteiger partial charge in [-0.15, -0.1) is 0 Å². The maximum atomic E-state index is 12.6. The van der Waals surface area contributed by atoms with Gasteiger partial charge in [0.15, 0.2) is 15.6 Å². The second-order valence-electron chi connectivity index (χ2n) is 6.64. The summed E-state index contributed by atoms with van der Waals surface area (Å²) in [5.41, 5.74) is 3.60. The maximum absolute atomic E-state index is 12.6. The lowest BCUT2D eigenvalue weighted by molar-refractivity contribution is 0.0996. The molecule has 0 fully saturated rings. The molecule has 1 aliphatic rings. The molecular formula is C21H19NO4S. The summed E-state index contributed by atoms with van der Waals surface area (Å²) in [5.74, 6) is -0.716. The minimum Gasteiger partial charge on any atom is -0.459 e. The van der Waals surface area contributed by atoms with E-state index in [2.05, 4.69) is 5.32 Å². The fraction of sp³-hybridized carbons (Fsp3) is 0.190. The van der Waals surface area contributed by atoms with Gasteiger partial charge >= 0.3 is 0 Å². The summed E-state index contributed by atoms with van der Waals surface area (Å²) in [6, 6.07) is 15.6. The van der Waals surface area contributed by atoms with Crippen molar-refractivity contribution in [2.24, 2.45) is 0 Å². The van der Waals surface area contributed by atoms with E-state index in [1.54, 1.807) is 30.3 Å². The smallest absolute Gasteiger partial charge is 0.291 e. The van der Waals surface area contributed by atoms with Crippen LogP contribution in [0, 0.1) is 0 Å². The topological polar surface area (TPSA) is 76.4 Å². The third-order valence-corrected chi connectivity index (χ3v) is 6.44. The van der Waals surface area contributed by atoms with E-state index in [9.17, 15) is 13.2 Å². The van der Waals surface area contributed by atoms with Crippen molar-refractivity contribution in [1.29, 1.82) is 0 Å². The Balaban J connectivity index is 1.54. The molecule has 1 amide bonds. The number of rotatable bonds is 5. The number of anilines is 1. The van der Waals surface area contributed by atoms with E-state index in [1.165, 1.54) is 23.5 Å². The van der Waals surface area contributed by atoms with E-state index < -0.39 is 15.7 Å². The van der Waals surface area contributed by atoms with Crippen LogP contribution in [0.15, 0.2) is 70.2 Å². The molecule has 0 bridgehead atoms. The molecule has 0 aliphatic heterocycles. The van der Waals surface area contributed by atoms with Crippen LogP contribution < -0.4 is 5.32 Å². The summed E-state index contributed by atoms with van der Waals surface area (Å²) >= 11 is 0. The number of sulfone groups is 1. The van der Waals surface area contributed by atoms with E-state index in [-0.39, 0.29) is 16.4 Å². The molecule has 2 aromatic carbocycles. The highest BCUT2D eigenvalue weighted by atomic mass is 32.2. The number of benzene rings is 2. The van der Waals surface area contributed by atoms with E-state index in [0.717, 1.165) is 19.3 Å². The Bertz CT molecular complexity index is 1080. The molecule has 6 heteroatoms. The number of fused-ring (bicyclic) bond motifs is 1. The molecule has 0 unspecified atom stereocenters. The highest BCUT2D eigenvalue weighted by Crippen LogP contribution is 2.26. The summed E-state index contributed by atoms with van der Waals surface area (Å²) in [6.07, 6.45) is 4.56. The van der Waals surface area contributed by atoms with Crippen molar-refractivity contribution in [2.45, 2.75) is 29.9 Å². The first-order chi connectivity index (χ1) is 13.0. The zero-order chi connectivity index (χ0) is 18.9. The summed E-state index contributed by atoms with van der Waals surface area (Å²) < 4.78 is 30.5. The average molecular weight is 381 g/mol. The number of amides is 1. The van der Waals surface area contributed by atoms with Crippen LogP contribution in [-0.4, -0.2) is 14.3 Å². The van der Waals surface area contributed by atoms with E-state index in [4.69, 9.17) is 4.42 Å². The van der Waals surface area contributed by atoms with Gasteiger partial charge in [-0.05, 0) is 60.7 Å². The summed E-state index contributed by atoms with van der Waals surface area (Å²) in [6.45, 7) is 0. The van der Waals surface area contributed by atoms with E-state index >= 15 is 0 Å². The summed E-state index contributed by atoms with van der Waals surface area (Å²) in [5, 5.41) is 2.81. The zero-order valence-corrected chi connectivity index (χ0v) is 15.5. The largest absolute Gasteiger partial charge is 0.459 e. The van der Waals surface area contributed by atoms with Gasteiger partial charge in [0, 0.05) is 11.3 Å². The molecule has 27 heavy (non-hydrogen) atoms. The second-order valence-corrected chi connectivity index (χ2v) is 8.63. The molecule has 0 saturated heterocycles. The van der Waals surface area contributed by atoms with Crippen molar-refractivity contribution in [1.82, 2.24) is 0 Å². The number of carbonyl (C=O) groups excluding carboxylic acids is 1. The van der Waals surface area contributed by atoms with Gasteiger partial charge in [0.2, 0.25) is 0 Å². The molecule has 1 N–H and O–H groups in total. The molecule has 138 valence electrons. The average Bonchev–Trinajstić information content (AvgIpc) is 3.31. The number of hydrogen-bond acceptors (Lipinski definition) is 4. The SMILES string of the molecule is O=C(Nc1ccc2c(c1)CCC2)c1occc1CS(=O)(=O)c1ccccc1. The zero-order valence-electron chi connectivity index (χ0n) is 14.6. The van der Waals surface area contributed by atoms with Crippen molar-refractivity contribution in [3.63, 3.8) is 0 Å². The second kappa shape index (κ2) is 7.04. The minimum atomic E-state index is -3.56. The number of carbonyl (C=O) groups is 1. The first kappa shape index (κ1) is 17.5. The fourth-order valence-electron chi connectivity index (χ4n) is 3.40. The number of hydrogen-bond donors (Lipinski definition) is 1. The van der Waals surface area contributed by atoms with Crippen LogP contribution in [0.5, 0.6) is 0 Å². The molecule has 4 rings (SSSR count). The molecular weight excluding hydrogens is 362 g/mol. The van der Waals surface area contributed by atoms with Crippen molar-refractivity contribution in [3.05, 3.63) is 83.3 Å². The van der Waals surface area contributed by atoms with Gasteiger partial charge in [-0.1, -0.05) is 24.3 Å². The normalized spacial score (nSPS) is 13.3. The Morgan fingerprint density at radius 2 is 1.78 bits per heavy atom. The van der Waals surface area contributed by atoms with Gasteiger partial charge in [0.25, 0.3) is 5.91 Å². The van der Waals surface area contributed by atoms with Crippen LogP contribution in [0.2, 0.25) is 0 Å². The van der Waals surface area contributed by atoms with Crippen molar-refractivity contribution < 1.29 is 17.6 Å². The Morgan fingerprint density at radius 1 is 1.00 bits per heavy atom. The first-order valence-electron chi connectivity index (χ1n) is 8.80.